The first-order chi connectivity index (χ1) is 18.3. The van der Waals surface area contributed by atoms with E-state index in [0.717, 1.165) is 12.0 Å². The SMILES string of the molecule is CC(=O)NCCc1ccc(O)cc1.O=C1OC2(c3ccc(O)cc3Oc3cc(O)ccc32)c2ccccc21. The molecule has 6 rings (SSSR count). The van der Waals surface area contributed by atoms with E-state index in [0.29, 0.717) is 40.3 Å². The zero-order valence-electron chi connectivity index (χ0n) is 20.5. The van der Waals surface area contributed by atoms with Crippen LogP contribution in [0.4, 0.5) is 0 Å². The van der Waals surface area contributed by atoms with Crippen molar-refractivity contribution in [2.45, 2.75) is 18.9 Å². The average Bonchev–Trinajstić information content (AvgIpc) is 3.18. The summed E-state index contributed by atoms with van der Waals surface area (Å²) in [6, 6.07) is 23.6. The highest BCUT2D eigenvalue weighted by Crippen LogP contribution is 2.56. The van der Waals surface area contributed by atoms with Crippen LogP contribution < -0.4 is 10.1 Å². The van der Waals surface area contributed by atoms with E-state index in [1.54, 1.807) is 36.4 Å². The van der Waals surface area contributed by atoms with Gasteiger partial charge in [-0.1, -0.05) is 30.3 Å². The van der Waals surface area contributed by atoms with Gasteiger partial charge in [0.05, 0.1) is 5.56 Å². The Hall–Kier alpha value is -4.98. The van der Waals surface area contributed by atoms with Crippen LogP contribution in [0.5, 0.6) is 28.7 Å². The van der Waals surface area contributed by atoms with E-state index in [-0.39, 0.29) is 23.2 Å². The van der Waals surface area contributed by atoms with E-state index in [9.17, 15) is 19.8 Å². The summed E-state index contributed by atoms with van der Waals surface area (Å²) in [7, 11) is 0. The molecule has 0 bridgehead atoms. The summed E-state index contributed by atoms with van der Waals surface area (Å²) >= 11 is 0. The van der Waals surface area contributed by atoms with Gasteiger partial charge in [-0.2, -0.15) is 0 Å². The van der Waals surface area contributed by atoms with Gasteiger partial charge in [0.15, 0.2) is 5.60 Å². The lowest BCUT2D eigenvalue weighted by atomic mass is 9.77. The van der Waals surface area contributed by atoms with Crippen LogP contribution in [0.25, 0.3) is 0 Å². The van der Waals surface area contributed by atoms with Gasteiger partial charge < -0.3 is 30.1 Å². The number of hydrogen-bond donors (Lipinski definition) is 4. The third kappa shape index (κ3) is 4.48. The van der Waals surface area contributed by atoms with Gasteiger partial charge in [-0.3, -0.25) is 4.79 Å². The Bertz CT molecular complexity index is 1480. The number of phenolic OH excluding ortho intramolecular Hbond substituents is 3. The lowest BCUT2D eigenvalue weighted by Crippen LogP contribution is -2.32. The van der Waals surface area contributed by atoms with Gasteiger partial charge in [-0.25, -0.2) is 4.79 Å². The Kier molecular flexibility index (Phi) is 6.38. The van der Waals surface area contributed by atoms with Crippen molar-refractivity contribution in [2.24, 2.45) is 0 Å². The minimum atomic E-state index is -1.17. The fraction of sp³-hybridized carbons (Fsp3) is 0.133. The molecule has 0 radical (unpaired) electrons. The highest BCUT2D eigenvalue weighted by Gasteiger charge is 2.53. The second-order valence-electron chi connectivity index (χ2n) is 8.98. The number of phenols is 3. The molecular formula is C30H25NO7. The van der Waals surface area contributed by atoms with Gasteiger partial charge in [0.2, 0.25) is 5.91 Å². The molecule has 2 heterocycles. The molecule has 0 fully saturated rings. The van der Waals surface area contributed by atoms with E-state index < -0.39 is 11.6 Å². The van der Waals surface area contributed by atoms with Crippen LogP contribution in [0.15, 0.2) is 84.9 Å². The number of ether oxygens (including phenoxy) is 2. The number of carbonyl (C=O) groups excluding carboxylic acids is 2. The fourth-order valence-electron chi connectivity index (χ4n) is 4.70. The van der Waals surface area contributed by atoms with Crippen LogP contribution in [-0.4, -0.2) is 33.7 Å². The molecule has 1 amide bonds. The third-order valence-electron chi connectivity index (χ3n) is 6.40. The van der Waals surface area contributed by atoms with Crippen LogP contribution in [0.3, 0.4) is 0 Å². The first kappa shape index (κ1) is 24.7. The van der Waals surface area contributed by atoms with Crippen LogP contribution in [-0.2, 0) is 21.6 Å². The molecule has 4 aromatic carbocycles. The number of amides is 1. The van der Waals surface area contributed by atoms with Crippen LogP contribution in [0, 0.1) is 0 Å². The monoisotopic (exact) mass is 511 g/mol. The van der Waals surface area contributed by atoms with E-state index in [4.69, 9.17) is 14.6 Å². The zero-order chi connectivity index (χ0) is 26.9. The number of carbonyl (C=O) groups is 2. The summed E-state index contributed by atoms with van der Waals surface area (Å²) in [6.07, 6.45) is 0.792. The lowest BCUT2D eigenvalue weighted by molar-refractivity contribution is -0.118. The Morgan fingerprint density at radius 1 is 0.789 bits per heavy atom. The molecular weight excluding hydrogens is 486 g/mol. The van der Waals surface area contributed by atoms with E-state index in [1.165, 1.54) is 31.2 Å². The highest BCUT2D eigenvalue weighted by atomic mass is 16.6. The third-order valence-corrected chi connectivity index (χ3v) is 6.40. The fourth-order valence-corrected chi connectivity index (χ4v) is 4.70. The molecule has 2 aliphatic rings. The molecule has 0 saturated carbocycles. The van der Waals surface area contributed by atoms with Crippen LogP contribution >= 0.6 is 0 Å². The Morgan fingerprint density at radius 2 is 1.37 bits per heavy atom. The number of aromatic hydroxyl groups is 3. The molecule has 0 aromatic heterocycles. The molecule has 8 nitrogen and oxygen atoms in total. The number of rotatable bonds is 3. The van der Waals surface area contributed by atoms with Crippen molar-refractivity contribution in [1.29, 1.82) is 0 Å². The lowest BCUT2D eigenvalue weighted by Gasteiger charge is -2.36. The Labute approximate surface area is 218 Å². The quantitative estimate of drug-likeness (QED) is 0.293. The second-order valence-corrected chi connectivity index (χ2v) is 8.98. The Morgan fingerprint density at radius 3 is 1.97 bits per heavy atom. The molecule has 1 spiro atoms. The van der Waals surface area contributed by atoms with E-state index >= 15 is 0 Å². The maximum absolute atomic E-state index is 12.5. The minimum Gasteiger partial charge on any atom is -0.508 e. The number of nitrogens with one attached hydrogen (secondary N) is 1. The van der Waals surface area contributed by atoms with Gasteiger partial charge in [-0.15, -0.1) is 0 Å². The predicted molar refractivity (Wildman–Crippen MR) is 139 cm³/mol. The summed E-state index contributed by atoms with van der Waals surface area (Å²) in [6.45, 7) is 2.14. The van der Waals surface area contributed by atoms with Gasteiger partial charge in [0.1, 0.15) is 28.7 Å². The first-order valence-electron chi connectivity index (χ1n) is 12.0. The Balaban J connectivity index is 0.000000193. The normalized spacial score (nSPS) is 13.7. The summed E-state index contributed by atoms with van der Waals surface area (Å²) in [4.78, 5) is 23.1. The number of benzene rings is 4. The average molecular weight is 512 g/mol. The maximum atomic E-state index is 12.5. The molecule has 2 aliphatic heterocycles. The molecule has 192 valence electrons. The summed E-state index contributed by atoms with van der Waals surface area (Å²) in [5, 5.41) is 31.4. The second kappa shape index (κ2) is 9.82. The summed E-state index contributed by atoms with van der Waals surface area (Å²) in [5.41, 5.74) is 2.39. The van der Waals surface area contributed by atoms with Crippen molar-refractivity contribution >= 4 is 11.9 Å². The summed E-state index contributed by atoms with van der Waals surface area (Å²) < 4.78 is 11.8. The first-order valence-corrected chi connectivity index (χ1v) is 12.0. The van der Waals surface area contributed by atoms with Crippen LogP contribution in [0.2, 0.25) is 0 Å². The molecule has 4 aromatic rings. The van der Waals surface area contributed by atoms with Crippen molar-refractivity contribution < 1.29 is 34.4 Å². The predicted octanol–water partition coefficient (Wildman–Crippen LogP) is 4.74. The molecule has 8 heteroatoms. The topological polar surface area (TPSA) is 125 Å². The molecule has 0 saturated heterocycles. The molecule has 38 heavy (non-hydrogen) atoms. The van der Waals surface area contributed by atoms with Crippen molar-refractivity contribution in [1.82, 2.24) is 5.32 Å². The van der Waals surface area contributed by atoms with E-state index in [1.807, 2.05) is 24.3 Å². The highest BCUT2D eigenvalue weighted by molar-refractivity contribution is 5.97. The molecule has 4 N–H and O–H groups in total. The number of hydrogen-bond acceptors (Lipinski definition) is 7. The van der Waals surface area contributed by atoms with Gasteiger partial charge >= 0.3 is 5.97 Å². The smallest absolute Gasteiger partial charge is 0.340 e. The van der Waals surface area contributed by atoms with Gasteiger partial charge in [-0.05, 0) is 54.4 Å². The summed E-state index contributed by atoms with van der Waals surface area (Å²) in [5.74, 6) is 0.660. The largest absolute Gasteiger partial charge is 0.508 e. The minimum absolute atomic E-state index is 0.0150. The molecule has 0 atom stereocenters. The van der Waals surface area contributed by atoms with Crippen molar-refractivity contribution in [3.05, 3.63) is 113 Å². The molecule has 0 aliphatic carbocycles. The van der Waals surface area contributed by atoms with Crippen molar-refractivity contribution in [3.8, 4) is 28.7 Å². The maximum Gasteiger partial charge on any atom is 0.340 e. The van der Waals surface area contributed by atoms with Crippen molar-refractivity contribution in [3.63, 3.8) is 0 Å². The zero-order valence-corrected chi connectivity index (χ0v) is 20.5. The van der Waals surface area contributed by atoms with Crippen LogP contribution in [0.1, 0.15) is 39.5 Å². The van der Waals surface area contributed by atoms with Crippen molar-refractivity contribution in [2.75, 3.05) is 6.54 Å². The van der Waals surface area contributed by atoms with Gasteiger partial charge in [0.25, 0.3) is 0 Å². The molecule has 0 unspecified atom stereocenters. The number of esters is 1. The number of fused-ring (bicyclic) bond motifs is 6. The van der Waals surface area contributed by atoms with E-state index in [2.05, 4.69) is 5.32 Å². The van der Waals surface area contributed by atoms with Gasteiger partial charge in [0, 0.05) is 42.3 Å². The standard InChI is InChI=1S/C20H12O5.C10H13NO2/c21-11-5-7-15-17(9-11)24-18-10-12(22)6-8-16(18)20(15)14-4-2-1-3-13(14)19(23)25-20;1-8(12)11-7-6-9-2-4-10(13)5-3-9/h1-10,21-22H;2-5,13H,6-7H2,1H3,(H,11,12).